The van der Waals surface area contributed by atoms with Gasteiger partial charge in [0.05, 0.1) is 6.61 Å². The third-order valence-electron chi connectivity index (χ3n) is 3.34. The first-order chi connectivity index (χ1) is 11.2. The summed E-state index contributed by atoms with van der Waals surface area (Å²) in [5.41, 5.74) is 2.89. The second-order valence-corrected chi connectivity index (χ2v) is 4.54. The highest BCUT2D eigenvalue weighted by atomic mass is 16.3. The van der Waals surface area contributed by atoms with E-state index >= 15 is 0 Å². The van der Waals surface area contributed by atoms with Crippen molar-refractivity contribution >= 4 is 0 Å². The summed E-state index contributed by atoms with van der Waals surface area (Å²) in [6, 6.07) is 10.9. The molecular formula is C20H30O3. The van der Waals surface area contributed by atoms with Crippen LogP contribution in [0.15, 0.2) is 36.4 Å². The van der Waals surface area contributed by atoms with Crippen molar-refractivity contribution in [1.29, 1.82) is 0 Å². The first-order valence-corrected chi connectivity index (χ1v) is 8.37. The van der Waals surface area contributed by atoms with Gasteiger partial charge in [-0.1, -0.05) is 71.0 Å². The minimum atomic E-state index is -0.194. The molecule has 0 bridgehead atoms. The van der Waals surface area contributed by atoms with Gasteiger partial charge < -0.3 is 15.3 Å². The number of aliphatic hydroxyl groups is 1. The van der Waals surface area contributed by atoms with E-state index in [9.17, 15) is 10.2 Å². The third-order valence-corrected chi connectivity index (χ3v) is 3.34. The summed E-state index contributed by atoms with van der Waals surface area (Å²) in [6.07, 6.45) is 1.21. The smallest absolute Gasteiger partial charge is 0.124 e. The average molecular weight is 318 g/mol. The topological polar surface area (TPSA) is 60.7 Å². The molecule has 3 N–H and O–H groups in total. The van der Waals surface area contributed by atoms with E-state index in [2.05, 4.69) is 0 Å². The zero-order chi connectivity index (χ0) is 17.8. The van der Waals surface area contributed by atoms with E-state index in [4.69, 9.17) is 5.11 Å². The van der Waals surface area contributed by atoms with E-state index in [1.807, 2.05) is 52.8 Å². The quantitative estimate of drug-likeness (QED) is 0.759. The van der Waals surface area contributed by atoms with Crippen molar-refractivity contribution in [3.05, 3.63) is 58.7 Å². The molecule has 2 rings (SSSR count). The van der Waals surface area contributed by atoms with Crippen LogP contribution >= 0.6 is 0 Å². The van der Waals surface area contributed by atoms with Gasteiger partial charge in [-0.3, -0.25) is 0 Å². The lowest BCUT2D eigenvalue weighted by molar-refractivity contribution is 0.275. The Bertz CT molecular complexity index is 526. The molecule has 0 saturated heterocycles. The van der Waals surface area contributed by atoms with Crippen molar-refractivity contribution in [3.63, 3.8) is 0 Å². The van der Waals surface area contributed by atoms with Crippen LogP contribution in [0, 0.1) is 0 Å². The van der Waals surface area contributed by atoms with Gasteiger partial charge in [0.1, 0.15) is 11.5 Å². The standard InChI is InChI=1S/C16H18O3.2C2H6/c1-2-11-5-3-6-12(15(11)18)9-13-7-4-8-14(10-17)16(13)19;2*1-2/h3-8,17-19H,2,9-10H2,1H3;2*1-2H3. The summed E-state index contributed by atoms with van der Waals surface area (Å²) in [5, 5.41) is 29.3. The molecule has 0 spiro atoms. The second-order valence-electron chi connectivity index (χ2n) is 4.54. The van der Waals surface area contributed by atoms with E-state index in [0.29, 0.717) is 23.3 Å². The first kappa shape index (κ1) is 21.0. The highest BCUT2D eigenvalue weighted by Gasteiger charge is 2.11. The Morgan fingerprint density at radius 2 is 1.09 bits per heavy atom. The lowest BCUT2D eigenvalue weighted by atomic mass is 9.98. The van der Waals surface area contributed by atoms with Gasteiger partial charge in [-0.15, -0.1) is 0 Å². The molecule has 3 heteroatoms. The van der Waals surface area contributed by atoms with Gasteiger partial charge in [-0.05, 0) is 23.1 Å². The predicted molar refractivity (Wildman–Crippen MR) is 97.0 cm³/mol. The van der Waals surface area contributed by atoms with Gasteiger partial charge in [-0.25, -0.2) is 0 Å². The normalized spacial score (nSPS) is 9.30. The van der Waals surface area contributed by atoms with Gasteiger partial charge in [0.15, 0.2) is 0 Å². The number of aromatic hydroxyl groups is 2. The largest absolute Gasteiger partial charge is 0.507 e. The number of aryl methyl sites for hydroxylation is 1. The highest BCUT2D eigenvalue weighted by molar-refractivity contribution is 5.47. The minimum absolute atomic E-state index is 0.103. The number of benzene rings is 2. The summed E-state index contributed by atoms with van der Waals surface area (Å²) < 4.78 is 0. The summed E-state index contributed by atoms with van der Waals surface area (Å²) >= 11 is 0. The summed E-state index contributed by atoms with van der Waals surface area (Å²) in [6.45, 7) is 9.79. The molecule has 3 nitrogen and oxygen atoms in total. The molecule has 0 radical (unpaired) electrons. The molecule has 0 atom stereocenters. The van der Waals surface area contributed by atoms with Crippen molar-refractivity contribution in [3.8, 4) is 11.5 Å². The molecule has 0 aliphatic heterocycles. The molecule has 0 heterocycles. The van der Waals surface area contributed by atoms with Crippen LogP contribution in [0.1, 0.15) is 56.9 Å². The van der Waals surface area contributed by atoms with Crippen LogP contribution in [-0.2, 0) is 19.4 Å². The maximum absolute atomic E-state index is 10.1. The maximum Gasteiger partial charge on any atom is 0.124 e. The predicted octanol–water partition coefficient (Wildman–Crippen LogP) is 4.80. The van der Waals surface area contributed by atoms with Crippen molar-refractivity contribution in [2.45, 2.75) is 54.1 Å². The zero-order valence-electron chi connectivity index (χ0n) is 14.9. The monoisotopic (exact) mass is 318 g/mol. The zero-order valence-corrected chi connectivity index (χ0v) is 14.9. The molecule has 0 aromatic heterocycles. The SMILES string of the molecule is CC.CC.CCc1cccc(Cc2cccc(CO)c2O)c1O. The molecule has 0 amide bonds. The van der Waals surface area contributed by atoms with Gasteiger partial charge in [0.2, 0.25) is 0 Å². The van der Waals surface area contributed by atoms with Crippen LogP contribution in [0.5, 0.6) is 11.5 Å². The molecule has 0 unspecified atom stereocenters. The first-order valence-electron chi connectivity index (χ1n) is 8.37. The van der Waals surface area contributed by atoms with Crippen LogP contribution in [-0.4, -0.2) is 15.3 Å². The van der Waals surface area contributed by atoms with Crippen LogP contribution in [0.25, 0.3) is 0 Å². The Morgan fingerprint density at radius 1 is 0.696 bits per heavy atom. The van der Waals surface area contributed by atoms with E-state index in [-0.39, 0.29) is 12.4 Å². The molecule has 2 aromatic carbocycles. The van der Waals surface area contributed by atoms with E-state index in [1.165, 1.54) is 0 Å². The number of rotatable bonds is 4. The fourth-order valence-corrected chi connectivity index (χ4v) is 2.19. The van der Waals surface area contributed by atoms with E-state index in [0.717, 1.165) is 17.5 Å². The third kappa shape index (κ3) is 5.61. The van der Waals surface area contributed by atoms with Gasteiger partial charge in [0, 0.05) is 12.0 Å². The molecule has 0 fully saturated rings. The number of aliphatic hydroxyl groups excluding tert-OH is 1. The summed E-state index contributed by atoms with van der Waals surface area (Å²) in [7, 11) is 0. The molecule has 0 aliphatic carbocycles. The summed E-state index contributed by atoms with van der Waals surface area (Å²) in [4.78, 5) is 0. The molecule has 23 heavy (non-hydrogen) atoms. The number of phenolic OH excluding ortho intramolecular Hbond substituents is 1. The second kappa shape index (κ2) is 11.6. The van der Waals surface area contributed by atoms with Crippen molar-refractivity contribution in [2.75, 3.05) is 0 Å². The highest BCUT2D eigenvalue weighted by Crippen LogP contribution is 2.30. The molecule has 2 aromatic rings. The Labute approximate surface area is 140 Å². The number of hydrogen-bond acceptors (Lipinski definition) is 3. The maximum atomic E-state index is 10.1. The van der Waals surface area contributed by atoms with Crippen LogP contribution in [0.2, 0.25) is 0 Å². The van der Waals surface area contributed by atoms with Crippen molar-refractivity contribution in [1.82, 2.24) is 0 Å². The Morgan fingerprint density at radius 3 is 1.52 bits per heavy atom. The Balaban J connectivity index is 0.00000112. The number of phenols is 2. The minimum Gasteiger partial charge on any atom is -0.507 e. The Kier molecular flexibility index (Phi) is 10.5. The van der Waals surface area contributed by atoms with Gasteiger partial charge in [0.25, 0.3) is 0 Å². The van der Waals surface area contributed by atoms with Crippen LogP contribution in [0.4, 0.5) is 0 Å². The van der Waals surface area contributed by atoms with Crippen molar-refractivity contribution < 1.29 is 15.3 Å². The molecule has 128 valence electrons. The number of hydrogen-bond donors (Lipinski definition) is 3. The fourth-order valence-electron chi connectivity index (χ4n) is 2.19. The molecular weight excluding hydrogens is 288 g/mol. The summed E-state index contributed by atoms with van der Waals surface area (Å²) in [5.74, 6) is 0.394. The fraction of sp³-hybridized carbons (Fsp3) is 0.400. The van der Waals surface area contributed by atoms with Crippen molar-refractivity contribution in [2.24, 2.45) is 0 Å². The van der Waals surface area contributed by atoms with Gasteiger partial charge >= 0.3 is 0 Å². The average Bonchev–Trinajstić information content (AvgIpc) is 2.62. The Hall–Kier alpha value is -2.00. The van der Waals surface area contributed by atoms with E-state index in [1.54, 1.807) is 18.2 Å². The number of para-hydroxylation sites is 2. The van der Waals surface area contributed by atoms with Crippen LogP contribution in [0.3, 0.4) is 0 Å². The lowest BCUT2D eigenvalue weighted by Crippen LogP contribution is -1.95. The van der Waals surface area contributed by atoms with Crippen LogP contribution < -0.4 is 0 Å². The molecule has 0 saturated carbocycles. The van der Waals surface area contributed by atoms with E-state index < -0.39 is 0 Å². The lowest BCUT2D eigenvalue weighted by Gasteiger charge is -2.11. The molecule has 0 aliphatic rings. The van der Waals surface area contributed by atoms with Gasteiger partial charge in [-0.2, -0.15) is 0 Å².